The average molecular weight is 462 g/mol. The van der Waals surface area contributed by atoms with Gasteiger partial charge in [0.05, 0.1) is 11.4 Å². The largest absolute Gasteiger partial charge is 0.392 e. The number of aromatic nitrogens is 1. The number of hydroxylamine groups is 1. The van der Waals surface area contributed by atoms with Crippen LogP contribution in [-0.2, 0) is 25.1 Å². The summed E-state index contributed by atoms with van der Waals surface area (Å²) in [6.45, 7) is 4.60. The van der Waals surface area contributed by atoms with Crippen molar-refractivity contribution in [2.24, 2.45) is 5.16 Å². The Morgan fingerprint density at radius 1 is 1.12 bits per heavy atom. The fourth-order valence-corrected chi connectivity index (χ4v) is 4.33. The molecule has 3 rings (SSSR count). The van der Waals surface area contributed by atoms with Crippen LogP contribution in [0.15, 0.2) is 47.8 Å². The molecule has 0 aliphatic carbocycles. The number of carbonyl (C=O) groups excluding carboxylic acids is 1. The molecule has 1 aromatic carbocycles. The number of pyridine rings is 1. The van der Waals surface area contributed by atoms with E-state index in [4.69, 9.17) is 10.0 Å². The molecule has 0 fully saturated rings. The van der Waals surface area contributed by atoms with Gasteiger partial charge in [0.15, 0.2) is 14.6 Å². The molecule has 1 aromatic heterocycles. The molecule has 0 saturated carbocycles. The van der Waals surface area contributed by atoms with E-state index in [0.29, 0.717) is 17.8 Å². The first-order chi connectivity index (χ1) is 14.8. The van der Waals surface area contributed by atoms with E-state index in [-0.39, 0.29) is 6.42 Å². The summed E-state index contributed by atoms with van der Waals surface area (Å²) in [6.07, 6.45) is 2.20. The number of aliphatic hydroxyl groups is 1. The van der Waals surface area contributed by atoms with Crippen molar-refractivity contribution in [3.05, 3.63) is 53.9 Å². The minimum atomic E-state index is -3.82. The topological polar surface area (TPSA) is 138 Å². The maximum Gasteiger partial charge on any atom is 0.264 e. The van der Waals surface area contributed by atoms with Crippen LogP contribution < -0.4 is 5.48 Å². The Kier molecular flexibility index (Phi) is 6.41. The summed E-state index contributed by atoms with van der Waals surface area (Å²) in [4.78, 5) is 21.7. The number of nitrogens with one attached hydrogen (secondary N) is 1. The fourth-order valence-electron chi connectivity index (χ4n) is 3.46. The summed E-state index contributed by atoms with van der Waals surface area (Å²) in [5, 5.41) is 23.1. The van der Waals surface area contributed by atoms with Crippen molar-refractivity contribution in [3.63, 3.8) is 0 Å². The zero-order chi connectivity index (χ0) is 23.7. The van der Waals surface area contributed by atoms with E-state index in [0.717, 1.165) is 22.9 Å². The second-order valence-electron chi connectivity index (χ2n) is 8.69. The molecule has 0 unspecified atom stereocenters. The molecular weight excluding hydrogens is 434 g/mol. The van der Waals surface area contributed by atoms with E-state index in [1.807, 2.05) is 30.3 Å². The van der Waals surface area contributed by atoms with Crippen molar-refractivity contribution in [3.8, 4) is 11.1 Å². The van der Waals surface area contributed by atoms with Gasteiger partial charge in [0.25, 0.3) is 5.91 Å². The van der Waals surface area contributed by atoms with E-state index in [2.05, 4.69) is 10.1 Å². The van der Waals surface area contributed by atoms with Gasteiger partial charge in [-0.1, -0.05) is 35.5 Å². The number of hydrogen-bond donors (Lipinski definition) is 3. The van der Waals surface area contributed by atoms with Crippen LogP contribution in [0.3, 0.4) is 0 Å². The molecule has 10 heteroatoms. The highest BCUT2D eigenvalue weighted by atomic mass is 32.2. The fraction of sp³-hybridized carbons (Fsp3) is 0.409. The van der Waals surface area contributed by atoms with Crippen LogP contribution in [-0.4, -0.2) is 52.4 Å². The Bertz CT molecular complexity index is 1120. The zero-order valence-corrected chi connectivity index (χ0v) is 19.2. The lowest BCUT2D eigenvalue weighted by atomic mass is 9.95. The first-order valence-corrected chi connectivity index (χ1v) is 11.9. The zero-order valence-electron chi connectivity index (χ0n) is 18.4. The van der Waals surface area contributed by atoms with Gasteiger partial charge in [0, 0.05) is 30.9 Å². The molecule has 0 saturated heterocycles. The maximum atomic E-state index is 12.2. The Morgan fingerprint density at radius 3 is 2.22 bits per heavy atom. The van der Waals surface area contributed by atoms with Crippen molar-refractivity contribution in [1.29, 1.82) is 0 Å². The third kappa shape index (κ3) is 4.82. The van der Waals surface area contributed by atoms with Gasteiger partial charge in [0.1, 0.15) is 11.7 Å². The predicted octanol–water partition coefficient (Wildman–Crippen LogP) is 2.17. The maximum absolute atomic E-state index is 12.2. The minimum absolute atomic E-state index is 0.150. The van der Waals surface area contributed by atoms with Gasteiger partial charge < -0.3 is 9.94 Å². The van der Waals surface area contributed by atoms with E-state index in [1.54, 1.807) is 26.1 Å². The molecule has 32 heavy (non-hydrogen) atoms. The summed E-state index contributed by atoms with van der Waals surface area (Å²) in [6, 6.07) is 11.2. The van der Waals surface area contributed by atoms with Crippen LogP contribution >= 0.6 is 0 Å². The van der Waals surface area contributed by atoms with Crippen LogP contribution in [0.1, 0.15) is 44.9 Å². The molecule has 3 N–H and O–H groups in total. The molecule has 0 radical (unpaired) electrons. The monoisotopic (exact) mass is 461 g/mol. The first kappa shape index (κ1) is 23.8. The highest BCUT2D eigenvalue weighted by Gasteiger charge is 2.47. The van der Waals surface area contributed by atoms with Crippen LogP contribution in [0.5, 0.6) is 0 Å². The molecule has 9 nitrogen and oxygen atoms in total. The number of carbonyl (C=O) groups is 1. The molecule has 1 amide bonds. The Balaban J connectivity index is 1.71. The molecule has 1 aliphatic rings. The van der Waals surface area contributed by atoms with Gasteiger partial charge in [-0.2, -0.15) is 0 Å². The second kappa shape index (κ2) is 8.61. The standard InChI is InChI=1S/C22H27N3O6S/c1-21(2,27)19-10-9-16(13-23-19)14-5-7-15(8-6-14)18-11-17(31-25-18)12-22(3,20(26)24-28)32(4,29)30/h5-10,13,17,27-28H,11-12H2,1-4H3,(H,24,26)/t17-,22-/m1/s1. The summed E-state index contributed by atoms with van der Waals surface area (Å²) in [5.41, 5.74) is 4.28. The van der Waals surface area contributed by atoms with Crippen molar-refractivity contribution in [1.82, 2.24) is 10.5 Å². The molecule has 1 aliphatic heterocycles. The highest BCUT2D eigenvalue weighted by Crippen LogP contribution is 2.30. The third-order valence-electron chi connectivity index (χ3n) is 5.69. The molecule has 2 aromatic rings. The Hall–Kier alpha value is -2.82. The van der Waals surface area contributed by atoms with E-state index >= 15 is 0 Å². The molecule has 2 atom stereocenters. The Labute approximate surface area is 187 Å². The number of amides is 1. The van der Waals surface area contributed by atoms with Gasteiger partial charge in [-0.25, -0.2) is 13.9 Å². The summed E-state index contributed by atoms with van der Waals surface area (Å²) >= 11 is 0. The lowest BCUT2D eigenvalue weighted by Crippen LogP contribution is -2.51. The normalized spacial score (nSPS) is 18.4. The summed E-state index contributed by atoms with van der Waals surface area (Å²) < 4.78 is 22.5. The number of nitrogens with zero attached hydrogens (tertiary/aromatic N) is 2. The van der Waals surface area contributed by atoms with Gasteiger partial charge in [0.2, 0.25) is 0 Å². The third-order valence-corrected chi connectivity index (χ3v) is 7.68. The smallest absolute Gasteiger partial charge is 0.264 e. The first-order valence-electron chi connectivity index (χ1n) is 10.0. The number of benzene rings is 1. The van der Waals surface area contributed by atoms with Gasteiger partial charge in [-0.15, -0.1) is 0 Å². The van der Waals surface area contributed by atoms with Gasteiger partial charge in [-0.05, 0) is 38.0 Å². The molecule has 0 bridgehead atoms. The van der Waals surface area contributed by atoms with Crippen LogP contribution in [0.2, 0.25) is 0 Å². The van der Waals surface area contributed by atoms with Crippen molar-refractivity contribution < 1.29 is 28.4 Å². The highest BCUT2D eigenvalue weighted by molar-refractivity contribution is 7.92. The molecular formula is C22H27N3O6S. The van der Waals surface area contributed by atoms with Crippen LogP contribution in [0, 0.1) is 0 Å². The van der Waals surface area contributed by atoms with Crippen molar-refractivity contribution >= 4 is 21.5 Å². The number of oxime groups is 1. The van der Waals surface area contributed by atoms with E-state index < -0.39 is 32.2 Å². The summed E-state index contributed by atoms with van der Waals surface area (Å²) in [5.74, 6) is -1.01. The SMILES string of the molecule is CC(C)(O)c1ccc(-c2ccc(C3=NO[C@@H](C[C@](C)(C(=O)NO)S(C)(=O)=O)C3)cc2)cn1. The molecule has 2 heterocycles. The minimum Gasteiger partial charge on any atom is -0.392 e. The Morgan fingerprint density at radius 2 is 1.72 bits per heavy atom. The van der Waals surface area contributed by atoms with Crippen LogP contribution in [0.25, 0.3) is 11.1 Å². The second-order valence-corrected chi connectivity index (χ2v) is 11.1. The molecule has 0 spiro atoms. The number of sulfone groups is 1. The van der Waals surface area contributed by atoms with Crippen molar-refractivity contribution in [2.75, 3.05) is 6.26 Å². The van der Waals surface area contributed by atoms with Gasteiger partial charge >= 0.3 is 0 Å². The van der Waals surface area contributed by atoms with E-state index in [1.165, 1.54) is 12.4 Å². The predicted molar refractivity (Wildman–Crippen MR) is 119 cm³/mol. The van der Waals surface area contributed by atoms with E-state index in [9.17, 15) is 18.3 Å². The molecule has 172 valence electrons. The lowest BCUT2D eigenvalue weighted by molar-refractivity contribution is -0.132. The quantitative estimate of drug-likeness (QED) is 0.424. The summed E-state index contributed by atoms with van der Waals surface area (Å²) in [7, 11) is -3.82. The lowest BCUT2D eigenvalue weighted by Gasteiger charge is -2.26. The average Bonchev–Trinajstić information content (AvgIpc) is 3.20. The number of rotatable bonds is 7. The van der Waals surface area contributed by atoms with Crippen molar-refractivity contribution in [2.45, 2.75) is 50.1 Å². The van der Waals surface area contributed by atoms with Gasteiger partial charge in [-0.3, -0.25) is 15.0 Å². The van der Waals surface area contributed by atoms with Crippen LogP contribution in [0.4, 0.5) is 0 Å². The number of hydrogen-bond acceptors (Lipinski definition) is 8.